The molecule has 0 bridgehead atoms. The molecule has 0 aliphatic carbocycles. The normalized spacial score (nSPS) is 10.7. The number of aromatic nitrogens is 1. The molecule has 2 aromatic rings. The van der Waals surface area contributed by atoms with Gasteiger partial charge in [0.2, 0.25) is 0 Å². The molecule has 18 heavy (non-hydrogen) atoms. The summed E-state index contributed by atoms with van der Waals surface area (Å²) >= 11 is 0. The molecule has 0 atom stereocenters. The van der Waals surface area contributed by atoms with Crippen LogP contribution in [0.3, 0.4) is 0 Å². The SMILES string of the molecule is Cc1cc(C)cc(-n2c(C)ccc(CN)c2=O)c1. The van der Waals surface area contributed by atoms with Crippen LogP contribution in [0.4, 0.5) is 0 Å². The third-order valence-electron chi connectivity index (χ3n) is 3.04. The van der Waals surface area contributed by atoms with Gasteiger partial charge in [-0.3, -0.25) is 9.36 Å². The highest BCUT2D eigenvalue weighted by Gasteiger charge is 2.07. The number of hydrogen-bond donors (Lipinski definition) is 1. The molecule has 0 fully saturated rings. The summed E-state index contributed by atoms with van der Waals surface area (Å²) in [4.78, 5) is 12.3. The van der Waals surface area contributed by atoms with Crippen LogP contribution in [-0.2, 0) is 6.54 Å². The second kappa shape index (κ2) is 4.78. The summed E-state index contributed by atoms with van der Waals surface area (Å²) < 4.78 is 1.72. The van der Waals surface area contributed by atoms with E-state index in [4.69, 9.17) is 5.73 Å². The van der Waals surface area contributed by atoms with Gasteiger partial charge < -0.3 is 5.73 Å². The van der Waals surface area contributed by atoms with Gasteiger partial charge in [-0.05, 0) is 50.1 Å². The zero-order valence-corrected chi connectivity index (χ0v) is 11.0. The van der Waals surface area contributed by atoms with Crippen molar-refractivity contribution < 1.29 is 0 Å². The molecule has 0 spiro atoms. The van der Waals surface area contributed by atoms with Gasteiger partial charge in [-0.2, -0.15) is 0 Å². The zero-order valence-electron chi connectivity index (χ0n) is 11.0. The maximum atomic E-state index is 12.3. The Balaban J connectivity index is 2.74. The van der Waals surface area contributed by atoms with Crippen LogP contribution in [0.15, 0.2) is 35.1 Å². The summed E-state index contributed by atoms with van der Waals surface area (Å²) in [5.74, 6) is 0. The molecule has 94 valence electrons. The number of nitrogens with two attached hydrogens (primary N) is 1. The molecule has 3 heteroatoms. The van der Waals surface area contributed by atoms with Crippen molar-refractivity contribution in [1.29, 1.82) is 0 Å². The lowest BCUT2D eigenvalue weighted by molar-refractivity contribution is 0.886. The van der Waals surface area contributed by atoms with Crippen LogP contribution >= 0.6 is 0 Å². The first-order chi connectivity index (χ1) is 8.52. The Kier molecular flexibility index (Phi) is 3.34. The summed E-state index contributed by atoms with van der Waals surface area (Å²) in [6.07, 6.45) is 0. The van der Waals surface area contributed by atoms with Crippen molar-refractivity contribution in [1.82, 2.24) is 4.57 Å². The molecule has 2 N–H and O–H groups in total. The first-order valence-electron chi connectivity index (χ1n) is 6.03. The molecular weight excluding hydrogens is 224 g/mol. The Labute approximate surface area is 107 Å². The number of hydrogen-bond acceptors (Lipinski definition) is 2. The number of aryl methyl sites for hydroxylation is 3. The predicted octanol–water partition coefficient (Wildman–Crippen LogP) is 2.22. The van der Waals surface area contributed by atoms with E-state index in [9.17, 15) is 4.79 Å². The van der Waals surface area contributed by atoms with E-state index in [1.807, 2.05) is 39.0 Å². The first-order valence-corrected chi connectivity index (χ1v) is 6.03. The van der Waals surface area contributed by atoms with Gasteiger partial charge in [0.05, 0.1) is 0 Å². The molecule has 0 radical (unpaired) electrons. The Bertz CT molecular complexity index is 621. The highest BCUT2D eigenvalue weighted by atomic mass is 16.1. The third kappa shape index (κ3) is 2.22. The van der Waals surface area contributed by atoms with Crippen molar-refractivity contribution >= 4 is 0 Å². The Hall–Kier alpha value is -1.87. The first kappa shape index (κ1) is 12.6. The van der Waals surface area contributed by atoms with Gasteiger partial charge in [0.15, 0.2) is 0 Å². The van der Waals surface area contributed by atoms with Crippen LogP contribution in [-0.4, -0.2) is 4.57 Å². The van der Waals surface area contributed by atoms with Crippen LogP contribution in [0.2, 0.25) is 0 Å². The molecule has 0 unspecified atom stereocenters. The van der Waals surface area contributed by atoms with Gasteiger partial charge in [-0.15, -0.1) is 0 Å². The van der Waals surface area contributed by atoms with Gasteiger partial charge in [0.1, 0.15) is 0 Å². The molecule has 1 aromatic heterocycles. The number of rotatable bonds is 2. The van der Waals surface area contributed by atoms with Gasteiger partial charge in [0, 0.05) is 23.5 Å². The standard InChI is InChI=1S/C15H18N2O/c1-10-6-11(2)8-14(7-10)17-12(3)4-5-13(9-16)15(17)18/h4-8H,9,16H2,1-3H3. The highest BCUT2D eigenvalue weighted by molar-refractivity contribution is 5.41. The molecule has 0 aliphatic rings. The highest BCUT2D eigenvalue weighted by Crippen LogP contribution is 2.14. The zero-order chi connectivity index (χ0) is 13.3. The van der Waals surface area contributed by atoms with Crippen molar-refractivity contribution in [2.45, 2.75) is 27.3 Å². The van der Waals surface area contributed by atoms with Crippen LogP contribution < -0.4 is 11.3 Å². The van der Waals surface area contributed by atoms with E-state index in [1.54, 1.807) is 10.6 Å². The number of nitrogens with zero attached hydrogens (tertiary/aromatic N) is 1. The minimum absolute atomic E-state index is 0.0255. The largest absolute Gasteiger partial charge is 0.326 e. The fourth-order valence-electron chi connectivity index (χ4n) is 2.23. The van der Waals surface area contributed by atoms with Crippen molar-refractivity contribution in [3.63, 3.8) is 0 Å². The van der Waals surface area contributed by atoms with Crippen molar-refractivity contribution in [3.8, 4) is 5.69 Å². The molecule has 1 aromatic carbocycles. The lowest BCUT2D eigenvalue weighted by atomic mass is 10.1. The van der Waals surface area contributed by atoms with Crippen molar-refractivity contribution in [2.24, 2.45) is 5.73 Å². The average Bonchev–Trinajstić information content (AvgIpc) is 2.28. The van der Waals surface area contributed by atoms with E-state index in [0.29, 0.717) is 5.56 Å². The van der Waals surface area contributed by atoms with Crippen LogP contribution in [0.5, 0.6) is 0 Å². The third-order valence-corrected chi connectivity index (χ3v) is 3.04. The minimum atomic E-state index is -0.0255. The van der Waals surface area contributed by atoms with E-state index < -0.39 is 0 Å². The van der Waals surface area contributed by atoms with Gasteiger partial charge in [-0.1, -0.05) is 12.1 Å². The second-order valence-electron chi connectivity index (χ2n) is 4.69. The smallest absolute Gasteiger partial charge is 0.259 e. The molecular formula is C15H18N2O. The summed E-state index contributed by atoms with van der Waals surface area (Å²) in [5, 5.41) is 0. The van der Waals surface area contributed by atoms with Gasteiger partial charge in [-0.25, -0.2) is 0 Å². The molecule has 0 saturated carbocycles. The molecule has 3 nitrogen and oxygen atoms in total. The summed E-state index contributed by atoms with van der Waals surface area (Å²) in [7, 11) is 0. The monoisotopic (exact) mass is 242 g/mol. The lowest BCUT2D eigenvalue weighted by Crippen LogP contribution is -2.25. The number of pyridine rings is 1. The minimum Gasteiger partial charge on any atom is -0.326 e. The second-order valence-corrected chi connectivity index (χ2v) is 4.69. The van der Waals surface area contributed by atoms with Crippen molar-refractivity contribution in [2.75, 3.05) is 0 Å². The maximum Gasteiger partial charge on any atom is 0.259 e. The Morgan fingerprint density at radius 3 is 2.22 bits per heavy atom. The molecule has 0 amide bonds. The van der Waals surface area contributed by atoms with Crippen LogP contribution in [0.25, 0.3) is 5.69 Å². The van der Waals surface area contributed by atoms with Crippen molar-refractivity contribution in [3.05, 3.63) is 63.1 Å². The molecule has 0 aliphatic heterocycles. The molecule has 0 saturated heterocycles. The Morgan fingerprint density at radius 1 is 1.06 bits per heavy atom. The quantitative estimate of drug-likeness (QED) is 0.877. The van der Waals surface area contributed by atoms with Gasteiger partial charge >= 0.3 is 0 Å². The Morgan fingerprint density at radius 2 is 1.67 bits per heavy atom. The number of benzene rings is 1. The summed E-state index contributed by atoms with van der Waals surface area (Å²) in [6.45, 7) is 6.26. The summed E-state index contributed by atoms with van der Waals surface area (Å²) in [5.41, 5.74) is 10.3. The molecule has 1 heterocycles. The van der Waals surface area contributed by atoms with Crippen LogP contribution in [0.1, 0.15) is 22.4 Å². The van der Waals surface area contributed by atoms with E-state index in [0.717, 1.165) is 22.5 Å². The fourth-order valence-corrected chi connectivity index (χ4v) is 2.23. The summed E-state index contributed by atoms with van der Waals surface area (Å²) in [6, 6.07) is 9.86. The van der Waals surface area contributed by atoms with Gasteiger partial charge in [0.25, 0.3) is 5.56 Å². The van der Waals surface area contributed by atoms with E-state index >= 15 is 0 Å². The predicted molar refractivity (Wildman–Crippen MR) is 74.1 cm³/mol. The molecule has 2 rings (SSSR count). The van der Waals surface area contributed by atoms with E-state index in [2.05, 4.69) is 6.07 Å². The van der Waals surface area contributed by atoms with Crippen LogP contribution in [0, 0.1) is 20.8 Å². The van der Waals surface area contributed by atoms with E-state index in [-0.39, 0.29) is 12.1 Å². The average molecular weight is 242 g/mol. The maximum absolute atomic E-state index is 12.3. The fraction of sp³-hybridized carbons (Fsp3) is 0.267. The topological polar surface area (TPSA) is 48.0 Å². The van der Waals surface area contributed by atoms with E-state index in [1.165, 1.54) is 0 Å². The lowest BCUT2D eigenvalue weighted by Gasteiger charge is -2.13.